The first kappa shape index (κ1) is 31.8. The summed E-state index contributed by atoms with van der Waals surface area (Å²) >= 11 is 0. The quantitative estimate of drug-likeness (QED) is 0.293. The molecule has 12 heteroatoms. The summed E-state index contributed by atoms with van der Waals surface area (Å²) in [5.41, 5.74) is 2.19. The number of carbonyl (C=O) groups is 3. The van der Waals surface area contributed by atoms with Crippen LogP contribution in [0.4, 0.5) is 28.0 Å². The Labute approximate surface area is 257 Å². The number of anilines is 1. The first-order valence-corrected chi connectivity index (χ1v) is 14.4. The van der Waals surface area contributed by atoms with E-state index in [9.17, 15) is 31.9 Å². The Morgan fingerprint density at radius 1 is 1.00 bits per heavy atom. The molecule has 1 fully saturated rings. The van der Waals surface area contributed by atoms with Crippen molar-refractivity contribution < 1.29 is 41.4 Å². The lowest BCUT2D eigenvalue weighted by Gasteiger charge is -2.28. The molecule has 2 bridgehead atoms. The highest BCUT2D eigenvalue weighted by Crippen LogP contribution is 2.50. The smallest absolute Gasteiger partial charge is 0.419 e. The molecule has 3 aliphatic rings. The van der Waals surface area contributed by atoms with Crippen molar-refractivity contribution in [3.63, 3.8) is 0 Å². The molecule has 1 aliphatic heterocycles. The van der Waals surface area contributed by atoms with Crippen LogP contribution in [0.15, 0.2) is 65.8 Å². The summed E-state index contributed by atoms with van der Waals surface area (Å²) in [4.78, 5) is 40.9. The lowest BCUT2D eigenvalue weighted by molar-refractivity contribution is -0.140. The Hall–Kier alpha value is -4.61. The van der Waals surface area contributed by atoms with E-state index < -0.39 is 47.4 Å². The number of hydrogen-bond acceptors (Lipinski definition) is 5. The zero-order valence-corrected chi connectivity index (χ0v) is 25.1. The van der Waals surface area contributed by atoms with Crippen molar-refractivity contribution in [3.05, 3.63) is 88.3 Å². The van der Waals surface area contributed by atoms with Gasteiger partial charge in [0, 0.05) is 30.6 Å². The Balaban J connectivity index is 1.42. The number of alkyl halides is 3. The van der Waals surface area contributed by atoms with E-state index in [2.05, 4.69) is 10.6 Å². The average molecular weight is 628 g/mol. The third-order valence-electron chi connectivity index (χ3n) is 8.58. The van der Waals surface area contributed by atoms with Gasteiger partial charge in [-0.1, -0.05) is 35.4 Å². The second-order valence-corrected chi connectivity index (χ2v) is 11.4. The number of allylic oxidation sites excluding steroid dienone is 2. The molecule has 1 saturated carbocycles. The Bertz CT molecular complexity index is 1630. The minimum absolute atomic E-state index is 0.204. The lowest BCUT2D eigenvalue weighted by atomic mass is 9.87. The van der Waals surface area contributed by atoms with Gasteiger partial charge in [-0.3, -0.25) is 9.59 Å². The van der Waals surface area contributed by atoms with Gasteiger partial charge < -0.3 is 25.0 Å². The third kappa shape index (κ3) is 6.18. The molecular weight excluding hydrogens is 594 g/mol. The standard InChI is InChI=1S/C33H33F4N3O5/c1-17(2)27-21-7-8-22(27)29(28(21)31(42)38-20-6-9-25(34)24(16-20)33(35,36)37)39-30(41)23-15-19(5-10-26(23)44-3)18-11-13-40(14-12-18)32(43)45-4/h5-11,15-16,21-22,28-29H,12-14H2,1-4H3,(H,38,42)(H,39,41)/t21?,22?,28-,29+/m0/s1. The summed E-state index contributed by atoms with van der Waals surface area (Å²) < 4.78 is 64.1. The summed E-state index contributed by atoms with van der Waals surface area (Å²) in [5.74, 6) is -3.74. The molecule has 45 heavy (non-hydrogen) atoms. The van der Waals surface area contributed by atoms with Crippen LogP contribution in [0.2, 0.25) is 0 Å². The fourth-order valence-corrected chi connectivity index (χ4v) is 6.50. The number of amides is 3. The van der Waals surface area contributed by atoms with E-state index in [-0.39, 0.29) is 23.1 Å². The first-order valence-electron chi connectivity index (χ1n) is 14.4. The van der Waals surface area contributed by atoms with Crippen LogP contribution in [-0.4, -0.2) is 56.2 Å². The van der Waals surface area contributed by atoms with Crippen molar-refractivity contribution in [1.29, 1.82) is 0 Å². The molecule has 2 N–H and O–H groups in total. The Kier molecular flexibility index (Phi) is 8.77. The second-order valence-electron chi connectivity index (χ2n) is 11.4. The zero-order valence-electron chi connectivity index (χ0n) is 25.1. The van der Waals surface area contributed by atoms with Gasteiger partial charge >= 0.3 is 12.3 Å². The minimum Gasteiger partial charge on any atom is -0.496 e. The number of nitrogens with one attached hydrogen (secondary N) is 2. The largest absolute Gasteiger partial charge is 0.496 e. The van der Waals surface area contributed by atoms with Crippen LogP contribution < -0.4 is 15.4 Å². The average Bonchev–Trinajstić information content (AvgIpc) is 3.58. The monoisotopic (exact) mass is 627 g/mol. The van der Waals surface area contributed by atoms with Crippen molar-refractivity contribution in [1.82, 2.24) is 10.2 Å². The molecule has 0 radical (unpaired) electrons. The minimum atomic E-state index is -4.94. The maximum absolute atomic E-state index is 13.9. The van der Waals surface area contributed by atoms with Crippen LogP contribution in [0.25, 0.3) is 5.57 Å². The maximum Gasteiger partial charge on any atom is 0.419 e. The molecule has 238 valence electrons. The van der Waals surface area contributed by atoms with Gasteiger partial charge in [-0.2, -0.15) is 13.2 Å². The van der Waals surface area contributed by atoms with Crippen molar-refractivity contribution in [2.24, 2.45) is 17.8 Å². The predicted octanol–water partition coefficient (Wildman–Crippen LogP) is 6.21. The number of methoxy groups -OCH3 is 2. The second kappa shape index (κ2) is 12.4. The van der Waals surface area contributed by atoms with Gasteiger partial charge in [0.05, 0.1) is 37.3 Å². The number of halogens is 4. The highest BCUT2D eigenvalue weighted by atomic mass is 19.4. The van der Waals surface area contributed by atoms with E-state index >= 15 is 0 Å². The van der Waals surface area contributed by atoms with Crippen molar-refractivity contribution in [3.8, 4) is 5.75 Å². The normalized spacial score (nSPS) is 22.2. The number of hydrogen-bond donors (Lipinski definition) is 2. The van der Waals surface area contributed by atoms with Crippen molar-refractivity contribution >= 4 is 29.2 Å². The van der Waals surface area contributed by atoms with E-state index in [0.29, 0.717) is 37.4 Å². The van der Waals surface area contributed by atoms with Crippen LogP contribution in [0.3, 0.4) is 0 Å². The van der Waals surface area contributed by atoms with Crippen LogP contribution in [0, 0.1) is 23.6 Å². The predicted molar refractivity (Wildman–Crippen MR) is 159 cm³/mol. The van der Waals surface area contributed by atoms with Gasteiger partial charge in [0.15, 0.2) is 0 Å². The number of rotatable bonds is 6. The summed E-state index contributed by atoms with van der Waals surface area (Å²) in [7, 11) is 2.76. The highest BCUT2D eigenvalue weighted by Gasteiger charge is 2.52. The zero-order chi connectivity index (χ0) is 32.6. The van der Waals surface area contributed by atoms with Gasteiger partial charge in [-0.05, 0) is 61.7 Å². The molecule has 8 nitrogen and oxygen atoms in total. The van der Waals surface area contributed by atoms with Crippen LogP contribution in [0.5, 0.6) is 5.75 Å². The number of benzene rings is 2. The summed E-state index contributed by atoms with van der Waals surface area (Å²) in [5, 5.41) is 5.53. The SMILES string of the molecule is COC(=O)N1CC=C(c2ccc(OC)c(C(=O)N[C@@H]3C4C=CC(C4=C(C)C)[C@@H]3C(=O)Nc3ccc(F)c(C(F)(F)F)c3)c2)CC1. The molecule has 4 atom stereocenters. The highest BCUT2D eigenvalue weighted by molar-refractivity contribution is 6.00. The van der Waals surface area contributed by atoms with Crippen molar-refractivity contribution in [2.45, 2.75) is 32.5 Å². The maximum atomic E-state index is 13.9. The number of nitrogens with zero attached hydrogens (tertiary/aromatic N) is 1. The fraction of sp³-hybridized carbons (Fsp3) is 0.364. The molecule has 5 rings (SSSR count). The van der Waals surface area contributed by atoms with E-state index in [4.69, 9.17) is 9.47 Å². The number of fused-ring (bicyclic) bond motifs is 2. The third-order valence-corrected chi connectivity index (χ3v) is 8.58. The molecule has 2 unspecified atom stereocenters. The van der Waals surface area contributed by atoms with E-state index in [1.807, 2.05) is 38.1 Å². The summed E-state index contributed by atoms with van der Waals surface area (Å²) in [6.45, 7) is 4.61. The molecule has 2 aromatic rings. The molecule has 0 aromatic heterocycles. The van der Waals surface area contributed by atoms with Crippen molar-refractivity contribution in [2.75, 3.05) is 32.6 Å². The molecule has 3 amide bonds. The topological polar surface area (TPSA) is 97.0 Å². The summed E-state index contributed by atoms with van der Waals surface area (Å²) in [6.07, 6.45) is 0.884. The lowest BCUT2D eigenvalue weighted by Crippen LogP contribution is -2.47. The van der Waals surface area contributed by atoms with E-state index in [1.54, 1.807) is 17.0 Å². The fourth-order valence-electron chi connectivity index (χ4n) is 6.50. The number of ether oxygens (including phenoxy) is 2. The Morgan fingerprint density at radius 3 is 2.36 bits per heavy atom. The molecule has 2 aliphatic carbocycles. The Morgan fingerprint density at radius 2 is 1.73 bits per heavy atom. The number of carbonyl (C=O) groups excluding carboxylic acids is 3. The molecule has 0 spiro atoms. The molecule has 1 heterocycles. The molecule has 2 aromatic carbocycles. The van der Waals surface area contributed by atoms with E-state index in [0.717, 1.165) is 28.3 Å². The first-order chi connectivity index (χ1) is 21.3. The van der Waals surface area contributed by atoms with Gasteiger partial charge in [-0.25, -0.2) is 9.18 Å². The van der Waals surface area contributed by atoms with Gasteiger partial charge in [0.2, 0.25) is 5.91 Å². The van der Waals surface area contributed by atoms with E-state index in [1.165, 1.54) is 14.2 Å². The summed E-state index contributed by atoms with van der Waals surface area (Å²) in [6, 6.07) is 6.78. The van der Waals surface area contributed by atoms with Crippen LogP contribution in [-0.2, 0) is 15.7 Å². The van der Waals surface area contributed by atoms with Gasteiger partial charge in [-0.15, -0.1) is 0 Å². The van der Waals surface area contributed by atoms with Crippen LogP contribution in [0.1, 0.15) is 41.8 Å². The molecule has 0 saturated heterocycles. The van der Waals surface area contributed by atoms with Crippen LogP contribution >= 0.6 is 0 Å². The van der Waals surface area contributed by atoms with Gasteiger partial charge in [0.1, 0.15) is 11.6 Å². The molecular formula is C33H33F4N3O5. The van der Waals surface area contributed by atoms with Gasteiger partial charge in [0.25, 0.3) is 5.91 Å².